The standard InChI is InChI=1S/C25H23NO6/c1-4-31-18-11-9-17(10-12-18)26-22(20-13-8-15(2)32-20)21(24(28)25(26)29)23(27)16-6-5-7-19(14-16)30-3/h5-14,22,27H,4H2,1-3H3/b23-21-. The van der Waals surface area contributed by atoms with Gasteiger partial charge in [-0.2, -0.15) is 0 Å². The molecule has 1 saturated heterocycles. The third-order valence-electron chi connectivity index (χ3n) is 5.24. The second-order valence-electron chi connectivity index (χ2n) is 7.28. The minimum atomic E-state index is -0.923. The maximum absolute atomic E-state index is 13.1. The Morgan fingerprint density at radius 3 is 2.44 bits per heavy atom. The molecule has 164 valence electrons. The van der Waals surface area contributed by atoms with Crippen molar-refractivity contribution in [2.75, 3.05) is 18.6 Å². The normalized spacial score (nSPS) is 17.6. The number of furan rings is 1. The Labute approximate surface area is 185 Å². The van der Waals surface area contributed by atoms with Crippen LogP contribution in [0.5, 0.6) is 11.5 Å². The van der Waals surface area contributed by atoms with Crippen molar-refractivity contribution in [3.8, 4) is 11.5 Å². The number of methoxy groups -OCH3 is 1. The number of aliphatic hydroxyl groups is 1. The molecular formula is C25H23NO6. The zero-order valence-electron chi connectivity index (χ0n) is 18.0. The van der Waals surface area contributed by atoms with Gasteiger partial charge in [-0.05, 0) is 62.4 Å². The number of Topliss-reactive ketones (excluding diaryl/α,β-unsaturated/α-hetero) is 1. The number of benzene rings is 2. The van der Waals surface area contributed by atoms with Crippen LogP contribution in [0.1, 0.15) is 30.0 Å². The number of hydrogen-bond acceptors (Lipinski definition) is 6. The van der Waals surface area contributed by atoms with E-state index in [1.165, 1.54) is 12.0 Å². The van der Waals surface area contributed by atoms with Gasteiger partial charge in [-0.3, -0.25) is 14.5 Å². The molecule has 32 heavy (non-hydrogen) atoms. The van der Waals surface area contributed by atoms with Gasteiger partial charge in [0.05, 0.1) is 19.3 Å². The molecule has 7 nitrogen and oxygen atoms in total. The Morgan fingerprint density at radius 2 is 1.81 bits per heavy atom. The minimum Gasteiger partial charge on any atom is -0.507 e. The summed E-state index contributed by atoms with van der Waals surface area (Å²) in [5, 5.41) is 11.1. The molecule has 2 aromatic carbocycles. The van der Waals surface area contributed by atoms with E-state index in [4.69, 9.17) is 13.9 Å². The number of amides is 1. The van der Waals surface area contributed by atoms with Crippen molar-refractivity contribution < 1.29 is 28.6 Å². The predicted molar refractivity (Wildman–Crippen MR) is 119 cm³/mol. The number of aliphatic hydroxyl groups excluding tert-OH is 1. The van der Waals surface area contributed by atoms with Gasteiger partial charge in [0.15, 0.2) is 0 Å². The van der Waals surface area contributed by atoms with E-state index in [-0.39, 0.29) is 11.3 Å². The van der Waals surface area contributed by atoms with E-state index in [1.807, 2.05) is 6.92 Å². The van der Waals surface area contributed by atoms with Gasteiger partial charge in [0.1, 0.15) is 34.8 Å². The lowest BCUT2D eigenvalue weighted by atomic mass is 9.99. The highest BCUT2D eigenvalue weighted by atomic mass is 16.5. The van der Waals surface area contributed by atoms with Crippen LogP contribution in [0.4, 0.5) is 5.69 Å². The Kier molecular flexibility index (Phi) is 5.73. The molecule has 1 aliphatic rings. The van der Waals surface area contributed by atoms with Crippen LogP contribution >= 0.6 is 0 Å². The predicted octanol–water partition coefficient (Wildman–Crippen LogP) is 4.62. The summed E-state index contributed by atoms with van der Waals surface area (Å²) in [6.45, 7) is 4.16. The molecule has 1 fully saturated rings. The molecule has 2 heterocycles. The number of rotatable bonds is 6. The number of anilines is 1. The Morgan fingerprint density at radius 1 is 1.06 bits per heavy atom. The van der Waals surface area contributed by atoms with Crippen LogP contribution in [0.15, 0.2) is 70.7 Å². The average molecular weight is 433 g/mol. The van der Waals surface area contributed by atoms with Crippen molar-refractivity contribution in [2.24, 2.45) is 0 Å². The van der Waals surface area contributed by atoms with Gasteiger partial charge in [0.2, 0.25) is 0 Å². The SMILES string of the molecule is CCOc1ccc(N2C(=O)C(=O)/C(=C(\O)c3cccc(OC)c3)C2c2ccc(C)o2)cc1. The number of ketones is 1. The fraction of sp³-hybridized carbons (Fsp3) is 0.200. The topological polar surface area (TPSA) is 89.2 Å². The summed E-state index contributed by atoms with van der Waals surface area (Å²) >= 11 is 0. The second kappa shape index (κ2) is 8.63. The largest absolute Gasteiger partial charge is 0.507 e. The lowest BCUT2D eigenvalue weighted by molar-refractivity contribution is -0.132. The first-order valence-electron chi connectivity index (χ1n) is 10.2. The summed E-state index contributed by atoms with van der Waals surface area (Å²) in [6.07, 6.45) is 0. The molecule has 1 unspecified atom stereocenters. The molecule has 1 aromatic heterocycles. The highest BCUT2D eigenvalue weighted by Crippen LogP contribution is 2.43. The Hall–Kier alpha value is -4.00. The average Bonchev–Trinajstić information content (AvgIpc) is 3.35. The first-order chi connectivity index (χ1) is 15.4. The lowest BCUT2D eigenvalue weighted by Crippen LogP contribution is -2.29. The molecule has 1 aliphatic heterocycles. The van der Waals surface area contributed by atoms with Crippen LogP contribution in [0.2, 0.25) is 0 Å². The van der Waals surface area contributed by atoms with Crippen LogP contribution in [0.3, 0.4) is 0 Å². The lowest BCUT2D eigenvalue weighted by Gasteiger charge is -2.23. The van der Waals surface area contributed by atoms with E-state index in [0.29, 0.717) is 40.9 Å². The van der Waals surface area contributed by atoms with Crippen LogP contribution < -0.4 is 14.4 Å². The van der Waals surface area contributed by atoms with E-state index in [1.54, 1.807) is 67.6 Å². The summed E-state index contributed by atoms with van der Waals surface area (Å²) < 4.78 is 16.5. The zero-order valence-corrected chi connectivity index (χ0v) is 18.0. The van der Waals surface area contributed by atoms with E-state index >= 15 is 0 Å². The number of carbonyl (C=O) groups excluding carboxylic acids is 2. The highest BCUT2D eigenvalue weighted by Gasteiger charge is 2.48. The molecule has 1 N–H and O–H groups in total. The molecule has 1 amide bonds. The van der Waals surface area contributed by atoms with Crippen molar-refractivity contribution in [2.45, 2.75) is 19.9 Å². The maximum atomic E-state index is 13.1. The van der Waals surface area contributed by atoms with Crippen molar-refractivity contribution >= 4 is 23.1 Å². The number of nitrogens with zero attached hydrogens (tertiary/aromatic N) is 1. The number of aryl methyl sites for hydroxylation is 1. The summed E-state index contributed by atoms with van der Waals surface area (Å²) in [5.74, 6) is 0.319. The molecule has 0 saturated carbocycles. The van der Waals surface area contributed by atoms with Crippen molar-refractivity contribution in [3.05, 3.63) is 83.3 Å². The molecule has 0 radical (unpaired) electrons. The first kappa shape index (κ1) is 21.2. The van der Waals surface area contributed by atoms with Gasteiger partial charge in [-0.25, -0.2) is 0 Å². The molecule has 4 rings (SSSR count). The summed E-state index contributed by atoms with van der Waals surface area (Å²) in [6, 6.07) is 16.0. The molecular weight excluding hydrogens is 410 g/mol. The Balaban J connectivity index is 1.87. The van der Waals surface area contributed by atoms with Crippen LogP contribution in [0.25, 0.3) is 5.76 Å². The molecule has 0 bridgehead atoms. The van der Waals surface area contributed by atoms with Gasteiger partial charge >= 0.3 is 0 Å². The first-order valence-corrected chi connectivity index (χ1v) is 10.2. The monoisotopic (exact) mass is 433 g/mol. The van der Waals surface area contributed by atoms with Gasteiger partial charge in [0.25, 0.3) is 11.7 Å². The number of hydrogen-bond donors (Lipinski definition) is 1. The molecule has 0 spiro atoms. The maximum Gasteiger partial charge on any atom is 0.300 e. The number of ether oxygens (including phenoxy) is 2. The summed E-state index contributed by atoms with van der Waals surface area (Å²) in [4.78, 5) is 27.6. The highest BCUT2D eigenvalue weighted by molar-refractivity contribution is 6.51. The zero-order chi connectivity index (χ0) is 22.8. The third-order valence-corrected chi connectivity index (χ3v) is 5.24. The smallest absolute Gasteiger partial charge is 0.300 e. The van der Waals surface area contributed by atoms with Crippen LogP contribution in [0, 0.1) is 6.92 Å². The van der Waals surface area contributed by atoms with Gasteiger partial charge < -0.3 is 19.0 Å². The molecule has 0 aliphatic carbocycles. The van der Waals surface area contributed by atoms with Crippen molar-refractivity contribution in [1.82, 2.24) is 0 Å². The second-order valence-corrected chi connectivity index (χ2v) is 7.28. The van der Waals surface area contributed by atoms with Gasteiger partial charge in [-0.15, -0.1) is 0 Å². The van der Waals surface area contributed by atoms with Crippen LogP contribution in [-0.2, 0) is 9.59 Å². The molecule has 1 atom stereocenters. The molecule has 3 aromatic rings. The van der Waals surface area contributed by atoms with E-state index in [9.17, 15) is 14.7 Å². The van der Waals surface area contributed by atoms with Gasteiger partial charge in [0, 0.05) is 11.3 Å². The van der Waals surface area contributed by atoms with Crippen molar-refractivity contribution in [3.63, 3.8) is 0 Å². The van der Waals surface area contributed by atoms with E-state index in [2.05, 4.69) is 0 Å². The van der Waals surface area contributed by atoms with E-state index < -0.39 is 17.7 Å². The molecule has 7 heteroatoms. The third kappa shape index (κ3) is 3.73. The van der Waals surface area contributed by atoms with Crippen LogP contribution in [-0.4, -0.2) is 30.5 Å². The van der Waals surface area contributed by atoms with Crippen molar-refractivity contribution in [1.29, 1.82) is 0 Å². The fourth-order valence-electron chi connectivity index (χ4n) is 3.76. The summed E-state index contributed by atoms with van der Waals surface area (Å²) in [5.41, 5.74) is 0.799. The fourth-order valence-corrected chi connectivity index (χ4v) is 3.76. The summed E-state index contributed by atoms with van der Waals surface area (Å²) in [7, 11) is 1.51. The van der Waals surface area contributed by atoms with E-state index in [0.717, 1.165) is 0 Å². The Bertz CT molecular complexity index is 1190. The van der Waals surface area contributed by atoms with Gasteiger partial charge in [-0.1, -0.05) is 12.1 Å². The minimum absolute atomic E-state index is 0.0495. The number of carbonyl (C=O) groups is 2. The quantitative estimate of drug-likeness (QED) is 0.347.